The van der Waals surface area contributed by atoms with Crippen molar-refractivity contribution in [3.63, 3.8) is 0 Å². The lowest BCUT2D eigenvalue weighted by molar-refractivity contribution is -0.142. The van der Waals surface area contributed by atoms with E-state index in [1.165, 1.54) is 0 Å². The molecular formula is C13H19N3O3S. The summed E-state index contributed by atoms with van der Waals surface area (Å²) in [6.45, 7) is 0.559. The fourth-order valence-corrected chi connectivity index (χ4v) is 3.00. The number of aromatic nitrogens is 1. The summed E-state index contributed by atoms with van der Waals surface area (Å²) < 4.78 is 0. The fraction of sp³-hybridized carbons (Fsp3) is 0.615. The second kappa shape index (κ2) is 7.23. The highest BCUT2D eigenvalue weighted by molar-refractivity contribution is 7.09. The Balaban J connectivity index is 1.61. The number of carboxylic acid groups (broad SMARTS) is 1. The first-order valence-electron chi connectivity index (χ1n) is 6.80. The maximum atomic E-state index is 11.7. The molecular weight excluding hydrogens is 278 g/mol. The van der Waals surface area contributed by atoms with Gasteiger partial charge < -0.3 is 15.7 Å². The summed E-state index contributed by atoms with van der Waals surface area (Å²) in [7, 11) is 0. The molecule has 6 nitrogen and oxygen atoms in total. The highest BCUT2D eigenvalue weighted by Gasteiger charge is 2.26. The van der Waals surface area contributed by atoms with E-state index in [1.807, 2.05) is 5.38 Å². The number of rotatable bonds is 5. The summed E-state index contributed by atoms with van der Waals surface area (Å²) in [6.07, 6.45) is 5.23. The molecule has 2 rings (SSSR count). The Kier molecular flexibility index (Phi) is 5.34. The second-order valence-electron chi connectivity index (χ2n) is 4.96. The van der Waals surface area contributed by atoms with Crippen LogP contribution in [0.1, 0.15) is 30.7 Å². The van der Waals surface area contributed by atoms with Crippen LogP contribution in [0.25, 0.3) is 0 Å². The number of hydrogen-bond donors (Lipinski definition) is 3. The van der Waals surface area contributed by atoms with Crippen LogP contribution >= 0.6 is 11.3 Å². The average molecular weight is 297 g/mol. The van der Waals surface area contributed by atoms with E-state index in [-0.39, 0.29) is 18.0 Å². The van der Waals surface area contributed by atoms with Gasteiger partial charge in [-0.25, -0.2) is 9.78 Å². The SMILES string of the molecule is O=C(NCCc1nccs1)NC1CCC(C(=O)O)CC1. The Bertz CT molecular complexity index is 442. The van der Waals surface area contributed by atoms with Crippen molar-refractivity contribution in [1.29, 1.82) is 0 Å². The summed E-state index contributed by atoms with van der Waals surface area (Å²) in [6, 6.07) is -0.0919. The van der Waals surface area contributed by atoms with Gasteiger partial charge in [0.25, 0.3) is 0 Å². The zero-order valence-corrected chi connectivity index (χ0v) is 12.0. The van der Waals surface area contributed by atoms with Crippen LogP contribution in [0.2, 0.25) is 0 Å². The Hall–Kier alpha value is -1.63. The van der Waals surface area contributed by atoms with Crippen molar-refractivity contribution in [3.8, 4) is 0 Å². The van der Waals surface area contributed by atoms with Gasteiger partial charge in [0, 0.05) is 30.6 Å². The number of nitrogens with zero attached hydrogens (tertiary/aromatic N) is 1. The fourth-order valence-electron chi connectivity index (χ4n) is 2.38. The molecule has 0 spiro atoms. The minimum atomic E-state index is -0.726. The van der Waals surface area contributed by atoms with Gasteiger partial charge in [0.1, 0.15) is 0 Å². The van der Waals surface area contributed by atoms with Crippen molar-refractivity contribution in [1.82, 2.24) is 15.6 Å². The van der Waals surface area contributed by atoms with Crippen molar-refractivity contribution in [2.24, 2.45) is 5.92 Å². The predicted octanol–water partition coefficient (Wildman–Crippen LogP) is 1.63. The van der Waals surface area contributed by atoms with Crippen molar-refractivity contribution < 1.29 is 14.7 Å². The van der Waals surface area contributed by atoms with Crippen LogP contribution in [-0.2, 0) is 11.2 Å². The summed E-state index contributed by atoms with van der Waals surface area (Å²) >= 11 is 1.57. The smallest absolute Gasteiger partial charge is 0.315 e. The first-order chi connectivity index (χ1) is 9.65. The van der Waals surface area contributed by atoms with Crippen LogP contribution in [0.5, 0.6) is 0 Å². The number of hydrogen-bond acceptors (Lipinski definition) is 4. The lowest BCUT2D eigenvalue weighted by Crippen LogP contribution is -2.44. The number of thiazole rings is 1. The van der Waals surface area contributed by atoms with Crippen LogP contribution in [0.3, 0.4) is 0 Å². The molecule has 0 bridgehead atoms. The number of aliphatic carboxylic acids is 1. The van der Waals surface area contributed by atoms with Crippen LogP contribution in [0, 0.1) is 5.92 Å². The molecule has 0 atom stereocenters. The zero-order chi connectivity index (χ0) is 14.4. The highest BCUT2D eigenvalue weighted by atomic mass is 32.1. The van der Waals surface area contributed by atoms with Crippen LogP contribution in [0.15, 0.2) is 11.6 Å². The maximum absolute atomic E-state index is 11.7. The molecule has 1 fully saturated rings. The summed E-state index contributed by atoms with van der Waals surface area (Å²) in [4.78, 5) is 26.7. The minimum absolute atomic E-state index is 0.0884. The topological polar surface area (TPSA) is 91.3 Å². The maximum Gasteiger partial charge on any atom is 0.315 e. The molecule has 0 unspecified atom stereocenters. The van der Waals surface area contributed by atoms with Crippen molar-refractivity contribution in [2.75, 3.05) is 6.54 Å². The van der Waals surface area contributed by atoms with Crippen LogP contribution in [0.4, 0.5) is 4.79 Å². The minimum Gasteiger partial charge on any atom is -0.481 e. The Morgan fingerprint density at radius 3 is 2.70 bits per heavy atom. The summed E-state index contributed by atoms with van der Waals surface area (Å²) in [5.41, 5.74) is 0. The van der Waals surface area contributed by atoms with E-state index in [0.29, 0.717) is 19.4 Å². The molecule has 0 aliphatic heterocycles. The molecule has 1 aromatic heterocycles. The van der Waals surface area contributed by atoms with E-state index < -0.39 is 5.97 Å². The Morgan fingerprint density at radius 1 is 1.35 bits per heavy atom. The molecule has 1 heterocycles. The van der Waals surface area contributed by atoms with Gasteiger partial charge in [-0.2, -0.15) is 0 Å². The zero-order valence-electron chi connectivity index (χ0n) is 11.2. The molecule has 110 valence electrons. The standard InChI is InChI=1S/C13H19N3O3S/c17-12(18)9-1-3-10(4-2-9)16-13(19)15-6-5-11-14-7-8-20-11/h7-10H,1-6H2,(H,17,18)(H2,15,16,19). The highest BCUT2D eigenvalue weighted by Crippen LogP contribution is 2.24. The first-order valence-corrected chi connectivity index (χ1v) is 7.68. The Labute approximate surface area is 121 Å². The van der Waals surface area contributed by atoms with Gasteiger partial charge in [-0.1, -0.05) is 0 Å². The molecule has 1 aromatic rings. The molecule has 0 saturated heterocycles. The third-order valence-electron chi connectivity index (χ3n) is 3.52. The van der Waals surface area contributed by atoms with Gasteiger partial charge in [0.15, 0.2) is 0 Å². The lowest BCUT2D eigenvalue weighted by atomic mass is 9.86. The largest absolute Gasteiger partial charge is 0.481 e. The van der Waals surface area contributed by atoms with Gasteiger partial charge in [0.05, 0.1) is 10.9 Å². The van der Waals surface area contributed by atoms with E-state index in [9.17, 15) is 9.59 Å². The van der Waals surface area contributed by atoms with Gasteiger partial charge in [-0.05, 0) is 25.7 Å². The third-order valence-corrected chi connectivity index (χ3v) is 4.36. The molecule has 1 aliphatic rings. The Morgan fingerprint density at radius 2 is 2.10 bits per heavy atom. The van der Waals surface area contributed by atoms with Crippen molar-refractivity contribution in [2.45, 2.75) is 38.1 Å². The van der Waals surface area contributed by atoms with Crippen molar-refractivity contribution >= 4 is 23.3 Å². The third kappa shape index (κ3) is 4.48. The lowest BCUT2D eigenvalue weighted by Gasteiger charge is -2.26. The van der Waals surface area contributed by atoms with Gasteiger partial charge in [-0.15, -0.1) is 11.3 Å². The second-order valence-corrected chi connectivity index (χ2v) is 5.94. The molecule has 0 radical (unpaired) electrons. The normalized spacial score (nSPS) is 22.2. The van der Waals surface area contributed by atoms with Gasteiger partial charge in [-0.3, -0.25) is 4.79 Å². The number of carboxylic acids is 1. The van der Waals surface area contributed by atoms with Crippen LogP contribution in [-0.4, -0.2) is 34.7 Å². The first kappa shape index (κ1) is 14.8. The van der Waals surface area contributed by atoms with Crippen molar-refractivity contribution in [3.05, 3.63) is 16.6 Å². The average Bonchev–Trinajstić information content (AvgIpc) is 2.92. The molecule has 7 heteroatoms. The number of amides is 2. The molecule has 1 saturated carbocycles. The van der Waals surface area contributed by atoms with Gasteiger partial charge >= 0.3 is 12.0 Å². The molecule has 20 heavy (non-hydrogen) atoms. The monoisotopic (exact) mass is 297 g/mol. The quantitative estimate of drug-likeness (QED) is 0.770. The van der Waals surface area contributed by atoms with E-state index in [1.54, 1.807) is 17.5 Å². The van der Waals surface area contributed by atoms with E-state index in [4.69, 9.17) is 5.11 Å². The summed E-state index contributed by atoms with van der Waals surface area (Å²) in [5.74, 6) is -0.975. The molecule has 2 amide bonds. The van der Waals surface area contributed by atoms with Gasteiger partial charge in [0.2, 0.25) is 0 Å². The van der Waals surface area contributed by atoms with E-state index >= 15 is 0 Å². The predicted molar refractivity (Wildman–Crippen MR) is 75.7 cm³/mol. The number of carbonyl (C=O) groups excluding carboxylic acids is 1. The number of carbonyl (C=O) groups is 2. The number of urea groups is 1. The number of nitrogens with one attached hydrogen (secondary N) is 2. The molecule has 0 aromatic carbocycles. The molecule has 3 N–H and O–H groups in total. The molecule has 1 aliphatic carbocycles. The van der Waals surface area contributed by atoms with E-state index in [0.717, 1.165) is 24.3 Å². The van der Waals surface area contributed by atoms with Crippen LogP contribution < -0.4 is 10.6 Å². The van der Waals surface area contributed by atoms with E-state index in [2.05, 4.69) is 15.6 Å². The summed E-state index contributed by atoms with van der Waals surface area (Å²) in [5, 5.41) is 17.5.